The maximum atomic E-state index is 5.93. The molecule has 0 bridgehead atoms. The first kappa shape index (κ1) is 21.8. The van der Waals surface area contributed by atoms with Gasteiger partial charge in [0.1, 0.15) is 17.2 Å². The van der Waals surface area contributed by atoms with Crippen molar-refractivity contribution in [1.29, 1.82) is 0 Å². The van der Waals surface area contributed by atoms with Crippen LogP contribution in [-0.2, 0) is 4.52 Å². The van der Waals surface area contributed by atoms with Crippen LogP contribution in [0.1, 0.15) is 0 Å². The standard InChI is InChI=1S/C22H23O4P.B/c1-23-16-14-19(24-2)22(20(15-16)25-3)18-12-8-9-13-21(18)27(26-4)17-10-6-5-7-11-17;/h5-15H,1-4H3;/t27-;/m1./s1. The van der Waals surface area contributed by atoms with E-state index in [9.17, 15) is 0 Å². The minimum atomic E-state index is -0.982. The SMILES string of the molecule is COc1cc(OC)c(-c2ccccc2[P@](OC)c2ccccc2)c(OC)c1.[B]. The smallest absolute Gasteiger partial charge is 0.134 e. The van der Waals surface area contributed by atoms with Gasteiger partial charge >= 0.3 is 0 Å². The molecule has 0 aliphatic rings. The van der Waals surface area contributed by atoms with Gasteiger partial charge in [0.05, 0.1) is 35.0 Å². The van der Waals surface area contributed by atoms with E-state index in [0.29, 0.717) is 17.2 Å². The lowest BCUT2D eigenvalue weighted by Crippen LogP contribution is -2.15. The van der Waals surface area contributed by atoms with Crippen molar-refractivity contribution in [2.24, 2.45) is 0 Å². The molecule has 1 atom stereocenters. The molecule has 0 aliphatic carbocycles. The van der Waals surface area contributed by atoms with Gasteiger partial charge in [0.25, 0.3) is 0 Å². The molecular formula is C22H23BO4P. The van der Waals surface area contributed by atoms with Crippen LogP contribution in [0.3, 0.4) is 0 Å². The van der Waals surface area contributed by atoms with Gasteiger partial charge in [-0.2, -0.15) is 0 Å². The second-order valence-electron chi connectivity index (χ2n) is 5.74. The van der Waals surface area contributed by atoms with E-state index in [4.69, 9.17) is 18.7 Å². The summed E-state index contributed by atoms with van der Waals surface area (Å²) in [6.07, 6.45) is 0. The average Bonchev–Trinajstić information content (AvgIpc) is 2.74. The molecule has 3 rings (SSSR count). The van der Waals surface area contributed by atoms with Crippen LogP contribution in [0.2, 0.25) is 0 Å². The first-order valence-electron chi connectivity index (χ1n) is 8.52. The van der Waals surface area contributed by atoms with Gasteiger partial charge in [0.2, 0.25) is 0 Å². The lowest BCUT2D eigenvalue weighted by molar-refractivity contribution is 0.377. The highest BCUT2D eigenvalue weighted by Crippen LogP contribution is 2.45. The minimum absolute atomic E-state index is 0. The molecule has 28 heavy (non-hydrogen) atoms. The van der Waals surface area contributed by atoms with E-state index in [2.05, 4.69) is 24.3 Å². The molecule has 0 amide bonds. The van der Waals surface area contributed by atoms with Gasteiger partial charge in [-0.25, -0.2) is 0 Å². The van der Waals surface area contributed by atoms with Crippen LogP contribution in [0.4, 0.5) is 0 Å². The fraction of sp³-hybridized carbons (Fsp3) is 0.182. The Kier molecular flexibility index (Phi) is 7.92. The zero-order valence-electron chi connectivity index (χ0n) is 16.5. The topological polar surface area (TPSA) is 36.9 Å². The Bertz CT molecular complexity index is 877. The Morgan fingerprint density at radius 3 is 1.79 bits per heavy atom. The van der Waals surface area contributed by atoms with E-state index in [1.54, 1.807) is 28.4 Å². The van der Waals surface area contributed by atoms with E-state index in [1.807, 2.05) is 42.5 Å². The number of rotatable bonds is 7. The van der Waals surface area contributed by atoms with Gasteiger partial charge in [-0.05, 0) is 5.56 Å². The third-order valence-electron chi connectivity index (χ3n) is 4.28. The van der Waals surface area contributed by atoms with Crippen molar-refractivity contribution in [3.63, 3.8) is 0 Å². The second-order valence-corrected chi connectivity index (χ2v) is 7.69. The van der Waals surface area contributed by atoms with Gasteiger partial charge in [-0.1, -0.05) is 54.6 Å². The molecule has 3 aromatic rings. The van der Waals surface area contributed by atoms with Crippen LogP contribution < -0.4 is 24.8 Å². The first-order chi connectivity index (χ1) is 13.2. The Morgan fingerprint density at radius 2 is 1.25 bits per heavy atom. The molecule has 3 aromatic carbocycles. The van der Waals surface area contributed by atoms with Crippen molar-refractivity contribution >= 4 is 27.2 Å². The first-order valence-corrected chi connectivity index (χ1v) is 9.78. The van der Waals surface area contributed by atoms with Crippen LogP contribution in [-0.4, -0.2) is 36.9 Å². The third kappa shape index (κ3) is 4.32. The second kappa shape index (κ2) is 10.2. The van der Waals surface area contributed by atoms with Crippen LogP contribution >= 0.6 is 8.15 Å². The minimum Gasteiger partial charge on any atom is -0.496 e. The summed E-state index contributed by atoms with van der Waals surface area (Å²) in [4.78, 5) is 0. The molecule has 0 saturated carbocycles. The lowest BCUT2D eigenvalue weighted by atomic mass is 10.0. The highest BCUT2D eigenvalue weighted by molar-refractivity contribution is 7.68. The van der Waals surface area contributed by atoms with Crippen molar-refractivity contribution in [2.75, 3.05) is 28.4 Å². The summed E-state index contributed by atoms with van der Waals surface area (Å²) in [5.41, 5.74) is 1.91. The van der Waals surface area contributed by atoms with E-state index < -0.39 is 8.15 Å². The van der Waals surface area contributed by atoms with E-state index in [-0.39, 0.29) is 8.41 Å². The third-order valence-corrected chi connectivity index (χ3v) is 6.24. The summed E-state index contributed by atoms with van der Waals surface area (Å²) in [6.45, 7) is 0. The molecule has 4 nitrogen and oxygen atoms in total. The van der Waals surface area contributed by atoms with Gasteiger partial charge < -0.3 is 18.7 Å². The highest BCUT2D eigenvalue weighted by atomic mass is 31.1. The Labute approximate surface area is 169 Å². The Morgan fingerprint density at radius 1 is 0.679 bits per heavy atom. The maximum Gasteiger partial charge on any atom is 0.134 e. The molecule has 0 saturated heterocycles. The molecule has 0 aromatic heterocycles. The normalized spacial score (nSPS) is 11.3. The summed E-state index contributed by atoms with van der Waals surface area (Å²) in [5.74, 6) is 2.07. The van der Waals surface area contributed by atoms with Crippen molar-refractivity contribution in [3.05, 3.63) is 66.7 Å². The van der Waals surface area contributed by atoms with Crippen molar-refractivity contribution in [3.8, 4) is 28.4 Å². The van der Waals surface area contributed by atoms with Gasteiger partial charge in [0.15, 0.2) is 0 Å². The molecule has 6 heteroatoms. The molecule has 0 heterocycles. The lowest BCUT2D eigenvalue weighted by Gasteiger charge is -2.22. The maximum absolute atomic E-state index is 5.93. The van der Waals surface area contributed by atoms with E-state index in [1.165, 1.54) is 0 Å². The zero-order chi connectivity index (χ0) is 19.2. The summed E-state index contributed by atoms with van der Waals surface area (Å²) in [6, 6.07) is 22.2. The Balaban J connectivity index is 0.00000280. The number of hydrogen-bond donors (Lipinski definition) is 0. The zero-order valence-corrected chi connectivity index (χ0v) is 17.4. The van der Waals surface area contributed by atoms with Crippen molar-refractivity contribution < 1.29 is 18.7 Å². The van der Waals surface area contributed by atoms with E-state index >= 15 is 0 Å². The van der Waals surface area contributed by atoms with Crippen LogP contribution in [0.25, 0.3) is 11.1 Å². The summed E-state index contributed by atoms with van der Waals surface area (Å²) >= 11 is 0. The molecule has 0 spiro atoms. The van der Waals surface area contributed by atoms with Gasteiger partial charge in [-0.15, -0.1) is 0 Å². The molecule has 0 N–H and O–H groups in total. The monoisotopic (exact) mass is 393 g/mol. The fourth-order valence-electron chi connectivity index (χ4n) is 3.04. The highest BCUT2D eigenvalue weighted by Gasteiger charge is 2.23. The van der Waals surface area contributed by atoms with Crippen LogP contribution in [0.15, 0.2) is 66.7 Å². The van der Waals surface area contributed by atoms with Crippen LogP contribution in [0, 0.1) is 0 Å². The van der Waals surface area contributed by atoms with Crippen molar-refractivity contribution in [2.45, 2.75) is 0 Å². The largest absolute Gasteiger partial charge is 0.496 e. The predicted molar refractivity (Wildman–Crippen MR) is 117 cm³/mol. The quantitative estimate of drug-likeness (QED) is 0.449. The number of methoxy groups -OCH3 is 3. The molecule has 0 fully saturated rings. The predicted octanol–water partition coefficient (Wildman–Crippen LogP) is 3.99. The number of hydrogen-bond acceptors (Lipinski definition) is 4. The number of benzene rings is 3. The van der Waals surface area contributed by atoms with Gasteiger partial charge in [-0.3, -0.25) is 0 Å². The number of ether oxygens (including phenoxy) is 3. The summed E-state index contributed by atoms with van der Waals surface area (Å²) < 4.78 is 22.6. The fourth-order valence-corrected chi connectivity index (χ4v) is 4.79. The molecule has 0 unspecified atom stereocenters. The molecular weight excluding hydrogens is 370 g/mol. The Hall–Kier alpha value is -2.49. The van der Waals surface area contributed by atoms with E-state index in [0.717, 1.165) is 21.7 Å². The van der Waals surface area contributed by atoms with Gasteiger partial charge in [0, 0.05) is 38.3 Å². The summed E-state index contributed by atoms with van der Waals surface area (Å²) in [7, 11) is 5.69. The summed E-state index contributed by atoms with van der Waals surface area (Å²) in [5, 5.41) is 2.25. The molecule has 143 valence electrons. The average molecular weight is 393 g/mol. The van der Waals surface area contributed by atoms with Crippen molar-refractivity contribution in [1.82, 2.24) is 0 Å². The molecule has 0 aliphatic heterocycles. The van der Waals surface area contributed by atoms with Crippen LogP contribution in [0.5, 0.6) is 17.2 Å². The molecule has 3 radical (unpaired) electrons.